The molecule has 2 aliphatic rings. The average molecular weight is 179 g/mol. The first-order chi connectivity index (χ1) is 6.35. The van der Waals surface area contributed by atoms with Gasteiger partial charge in [-0.05, 0) is 11.3 Å². The molecule has 0 aromatic heterocycles. The standard InChI is InChI=1S/C8H9N3O2/c1-12-7-3-5-6(10-11-9-5)4-8(7)13-2/h3-5H,1-2H3. The molecule has 1 unspecified atom stereocenters. The third-order valence-electron chi connectivity index (χ3n) is 1.91. The monoisotopic (exact) mass is 179 g/mol. The summed E-state index contributed by atoms with van der Waals surface area (Å²) >= 11 is 0. The van der Waals surface area contributed by atoms with Gasteiger partial charge < -0.3 is 9.47 Å². The van der Waals surface area contributed by atoms with Crippen LogP contribution in [0.4, 0.5) is 0 Å². The average Bonchev–Trinajstić information content (AvgIpc) is 2.62. The normalized spacial score (nSPS) is 24.5. The highest BCUT2D eigenvalue weighted by Gasteiger charge is 2.24. The highest BCUT2D eigenvalue weighted by Crippen LogP contribution is 2.23. The molecular weight excluding hydrogens is 170 g/mol. The number of methoxy groups -OCH3 is 2. The molecule has 0 radical (unpaired) electrons. The van der Waals surface area contributed by atoms with Gasteiger partial charge in [-0.1, -0.05) is 0 Å². The molecule has 1 aliphatic heterocycles. The predicted octanol–water partition coefficient (Wildman–Crippen LogP) is 1.25. The Labute approximate surface area is 75.4 Å². The van der Waals surface area contributed by atoms with Crippen LogP contribution in [0.2, 0.25) is 0 Å². The molecule has 1 atom stereocenters. The molecule has 13 heavy (non-hydrogen) atoms. The number of nitrogens with zero attached hydrogens (tertiary/aromatic N) is 3. The van der Waals surface area contributed by atoms with E-state index >= 15 is 0 Å². The maximum absolute atomic E-state index is 5.11. The maximum atomic E-state index is 5.11. The Hall–Kier alpha value is -1.65. The van der Waals surface area contributed by atoms with E-state index < -0.39 is 0 Å². The van der Waals surface area contributed by atoms with E-state index in [-0.39, 0.29) is 6.04 Å². The lowest BCUT2D eigenvalue weighted by Crippen LogP contribution is -2.18. The molecule has 1 heterocycles. The van der Waals surface area contributed by atoms with Crippen molar-refractivity contribution in [1.29, 1.82) is 0 Å². The van der Waals surface area contributed by atoms with Crippen molar-refractivity contribution >= 4 is 5.71 Å². The molecule has 0 saturated carbocycles. The first kappa shape index (κ1) is 7.97. The van der Waals surface area contributed by atoms with Gasteiger partial charge in [0.15, 0.2) is 11.5 Å². The van der Waals surface area contributed by atoms with E-state index in [2.05, 4.69) is 15.4 Å². The van der Waals surface area contributed by atoms with Crippen LogP contribution in [-0.4, -0.2) is 26.0 Å². The summed E-state index contributed by atoms with van der Waals surface area (Å²) in [4.78, 5) is 0. The van der Waals surface area contributed by atoms with E-state index in [4.69, 9.17) is 9.47 Å². The second kappa shape index (κ2) is 3.01. The lowest BCUT2D eigenvalue weighted by molar-refractivity contribution is 0.218. The summed E-state index contributed by atoms with van der Waals surface area (Å²) < 4.78 is 10.2. The zero-order valence-electron chi connectivity index (χ0n) is 7.39. The number of hydrogen-bond acceptors (Lipinski definition) is 5. The van der Waals surface area contributed by atoms with Crippen LogP contribution < -0.4 is 0 Å². The maximum Gasteiger partial charge on any atom is 0.162 e. The van der Waals surface area contributed by atoms with Crippen molar-refractivity contribution < 1.29 is 9.47 Å². The number of hydrogen-bond donors (Lipinski definition) is 0. The van der Waals surface area contributed by atoms with Crippen molar-refractivity contribution in [1.82, 2.24) is 0 Å². The Bertz CT molecular complexity index is 341. The fraction of sp³-hybridized carbons (Fsp3) is 0.375. The first-order valence-corrected chi connectivity index (χ1v) is 3.84. The Morgan fingerprint density at radius 2 is 2.00 bits per heavy atom. The topological polar surface area (TPSA) is 55.5 Å². The zero-order valence-corrected chi connectivity index (χ0v) is 7.39. The van der Waals surface area contributed by atoms with Crippen molar-refractivity contribution in [3.05, 3.63) is 23.7 Å². The smallest absolute Gasteiger partial charge is 0.162 e. The summed E-state index contributed by atoms with van der Waals surface area (Å²) in [6.07, 6.45) is 3.61. The van der Waals surface area contributed by atoms with Gasteiger partial charge in [-0.15, -0.1) is 5.10 Å². The summed E-state index contributed by atoms with van der Waals surface area (Å²) in [6, 6.07) is -0.103. The van der Waals surface area contributed by atoms with Gasteiger partial charge >= 0.3 is 0 Å². The fourth-order valence-corrected chi connectivity index (χ4v) is 1.24. The lowest BCUT2D eigenvalue weighted by Gasteiger charge is -2.15. The van der Waals surface area contributed by atoms with Gasteiger partial charge in [-0.3, -0.25) is 0 Å². The summed E-state index contributed by atoms with van der Waals surface area (Å²) in [6.45, 7) is 0. The SMILES string of the molecule is COC1=CC2=NN=NC2C=C1OC. The van der Waals surface area contributed by atoms with Crippen LogP contribution in [0.15, 0.2) is 39.1 Å². The second-order valence-electron chi connectivity index (χ2n) is 2.62. The number of rotatable bonds is 2. The molecule has 0 aromatic carbocycles. The minimum atomic E-state index is -0.103. The molecule has 0 bridgehead atoms. The minimum absolute atomic E-state index is 0.103. The van der Waals surface area contributed by atoms with Gasteiger partial charge in [0.05, 0.1) is 19.9 Å². The third-order valence-corrected chi connectivity index (χ3v) is 1.91. The van der Waals surface area contributed by atoms with Crippen molar-refractivity contribution in [2.24, 2.45) is 15.4 Å². The lowest BCUT2D eigenvalue weighted by atomic mass is 10.1. The first-order valence-electron chi connectivity index (χ1n) is 3.84. The molecule has 1 aliphatic carbocycles. The fourth-order valence-electron chi connectivity index (χ4n) is 1.24. The van der Waals surface area contributed by atoms with Crippen LogP contribution in [0.3, 0.4) is 0 Å². The number of ether oxygens (including phenoxy) is 2. The number of fused-ring (bicyclic) bond motifs is 1. The van der Waals surface area contributed by atoms with Crippen LogP contribution in [0.25, 0.3) is 0 Å². The van der Waals surface area contributed by atoms with E-state index in [9.17, 15) is 0 Å². The Morgan fingerprint density at radius 1 is 1.23 bits per heavy atom. The summed E-state index contributed by atoms with van der Waals surface area (Å²) in [5.74, 6) is 1.33. The molecule has 0 fully saturated rings. The molecule has 0 N–H and O–H groups in total. The zero-order chi connectivity index (χ0) is 9.26. The van der Waals surface area contributed by atoms with Gasteiger partial charge in [-0.2, -0.15) is 5.11 Å². The second-order valence-corrected chi connectivity index (χ2v) is 2.62. The van der Waals surface area contributed by atoms with Crippen LogP contribution in [0.1, 0.15) is 0 Å². The Morgan fingerprint density at radius 3 is 2.69 bits per heavy atom. The highest BCUT2D eigenvalue weighted by molar-refractivity contribution is 6.03. The van der Waals surface area contributed by atoms with Crippen LogP contribution >= 0.6 is 0 Å². The summed E-state index contributed by atoms with van der Waals surface area (Å²) in [7, 11) is 3.18. The van der Waals surface area contributed by atoms with E-state index in [1.807, 2.05) is 6.08 Å². The third kappa shape index (κ3) is 1.22. The van der Waals surface area contributed by atoms with Crippen LogP contribution in [0, 0.1) is 0 Å². The van der Waals surface area contributed by atoms with Crippen molar-refractivity contribution in [3.8, 4) is 0 Å². The van der Waals surface area contributed by atoms with Gasteiger partial charge in [0.25, 0.3) is 0 Å². The quantitative estimate of drug-likeness (QED) is 0.640. The molecular formula is C8H9N3O2. The molecule has 5 nitrogen and oxygen atoms in total. The molecule has 0 aromatic rings. The summed E-state index contributed by atoms with van der Waals surface area (Å²) in [5.41, 5.74) is 0.789. The van der Waals surface area contributed by atoms with E-state index in [0.717, 1.165) is 5.71 Å². The van der Waals surface area contributed by atoms with Gasteiger partial charge in [-0.25, -0.2) is 0 Å². The van der Waals surface area contributed by atoms with Gasteiger partial charge in [0.1, 0.15) is 6.04 Å². The molecule has 0 spiro atoms. The minimum Gasteiger partial charge on any atom is -0.493 e. The highest BCUT2D eigenvalue weighted by atomic mass is 16.5. The van der Waals surface area contributed by atoms with Crippen molar-refractivity contribution in [2.75, 3.05) is 14.2 Å². The molecule has 68 valence electrons. The molecule has 0 saturated heterocycles. The van der Waals surface area contributed by atoms with E-state index in [1.54, 1.807) is 20.3 Å². The van der Waals surface area contributed by atoms with Crippen LogP contribution in [0.5, 0.6) is 0 Å². The van der Waals surface area contributed by atoms with E-state index in [1.165, 1.54) is 0 Å². The Balaban J connectivity index is 2.34. The largest absolute Gasteiger partial charge is 0.493 e. The van der Waals surface area contributed by atoms with Gasteiger partial charge in [0, 0.05) is 6.08 Å². The molecule has 2 rings (SSSR count). The van der Waals surface area contributed by atoms with E-state index in [0.29, 0.717) is 11.5 Å². The Kier molecular flexibility index (Phi) is 1.84. The predicted molar refractivity (Wildman–Crippen MR) is 46.3 cm³/mol. The molecule has 0 amide bonds. The van der Waals surface area contributed by atoms with Crippen molar-refractivity contribution in [3.63, 3.8) is 0 Å². The van der Waals surface area contributed by atoms with Crippen molar-refractivity contribution in [2.45, 2.75) is 6.04 Å². The van der Waals surface area contributed by atoms with Gasteiger partial charge in [0.2, 0.25) is 0 Å². The van der Waals surface area contributed by atoms with Crippen LogP contribution in [-0.2, 0) is 9.47 Å². The summed E-state index contributed by atoms with van der Waals surface area (Å²) in [5, 5.41) is 11.3. The molecule has 5 heteroatoms.